The summed E-state index contributed by atoms with van der Waals surface area (Å²) in [6, 6.07) is 22.6. The number of pyridine rings is 1. The second-order valence-electron chi connectivity index (χ2n) is 9.88. The van der Waals surface area contributed by atoms with Crippen LogP contribution < -0.4 is 8.96 Å². The van der Waals surface area contributed by atoms with E-state index in [-0.39, 0.29) is 0 Å². The first-order chi connectivity index (χ1) is 17.1. The molecule has 3 aromatic carbocycles. The van der Waals surface area contributed by atoms with Crippen molar-refractivity contribution >= 4 is 39.6 Å². The van der Waals surface area contributed by atoms with Crippen molar-refractivity contribution in [3.63, 3.8) is 0 Å². The van der Waals surface area contributed by atoms with Crippen molar-refractivity contribution in [1.82, 2.24) is 0 Å². The van der Waals surface area contributed by atoms with Gasteiger partial charge in [-0.05, 0) is 0 Å². The molecule has 0 fully saturated rings. The van der Waals surface area contributed by atoms with Gasteiger partial charge in [0.25, 0.3) is 0 Å². The molecule has 34 heavy (non-hydrogen) atoms. The Kier molecular flexibility index (Phi) is 4.24. The van der Waals surface area contributed by atoms with Crippen LogP contribution in [0.15, 0.2) is 71.3 Å². The Hall–Kier alpha value is -3.36. The van der Waals surface area contributed by atoms with Crippen LogP contribution in [0.2, 0.25) is 16.8 Å². The number of nitriles is 1. The van der Waals surface area contributed by atoms with E-state index in [0.717, 1.165) is 54.3 Å². The summed E-state index contributed by atoms with van der Waals surface area (Å²) in [5.41, 5.74) is 7.84. The zero-order valence-corrected chi connectivity index (χ0v) is 22.0. The number of rotatable bonds is 2. The molecule has 0 spiro atoms. The fraction of sp³-hybridized carbons (Fsp3) is 0.200. The van der Waals surface area contributed by atoms with Gasteiger partial charge >= 0.3 is 206 Å². The average molecular weight is 506 g/mol. The predicted octanol–water partition coefficient (Wildman–Crippen LogP) is 6.40. The normalized spacial score (nSPS) is 16.8. The first-order valence-corrected chi connectivity index (χ1v) is 18.4. The summed E-state index contributed by atoms with van der Waals surface area (Å²) in [6.45, 7) is 2.10. The number of benzene rings is 3. The molecule has 0 N–H and O–H groups in total. The molecule has 2 aromatic heterocycles. The molecule has 0 atom stereocenters. The van der Waals surface area contributed by atoms with Crippen LogP contribution in [0, 0.1) is 18.3 Å². The number of furan rings is 1. The third-order valence-corrected chi connectivity index (χ3v) is 13.4. The van der Waals surface area contributed by atoms with E-state index >= 15 is 0 Å². The first kappa shape index (κ1) is 19.0. The van der Waals surface area contributed by atoms with E-state index in [1.54, 1.807) is 0 Å². The third kappa shape index (κ3) is 2.98. The molecule has 0 bridgehead atoms. The Morgan fingerprint density at radius 2 is 1.74 bits per heavy atom. The van der Waals surface area contributed by atoms with Gasteiger partial charge in [0.15, 0.2) is 0 Å². The molecule has 3 heterocycles. The number of hydrogen-bond acceptors (Lipinski definition) is 2. The summed E-state index contributed by atoms with van der Waals surface area (Å²) in [5, 5.41) is 12.7. The fourth-order valence-electron chi connectivity index (χ4n) is 5.51. The summed E-state index contributed by atoms with van der Waals surface area (Å²) < 4.78 is 27.4. The molecular weight excluding hydrogens is 477 g/mol. The molecule has 166 valence electrons. The van der Waals surface area contributed by atoms with Gasteiger partial charge in [-0.1, -0.05) is 0 Å². The van der Waals surface area contributed by atoms with E-state index in [1.807, 2.05) is 49.6 Å². The summed E-state index contributed by atoms with van der Waals surface area (Å²) >= 11 is -2.70. The van der Waals surface area contributed by atoms with Crippen LogP contribution in [0.5, 0.6) is 0 Å². The van der Waals surface area contributed by atoms with E-state index in [2.05, 4.69) is 53.3 Å². The number of nitrogens with zero attached hydrogens (tertiary/aromatic N) is 2. The van der Waals surface area contributed by atoms with Crippen molar-refractivity contribution in [2.75, 3.05) is 0 Å². The number of hydrogen-bond donors (Lipinski definition) is 0. The molecule has 0 radical (unpaired) electrons. The minimum absolute atomic E-state index is 0.559. The van der Waals surface area contributed by atoms with E-state index in [0.29, 0.717) is 16.4 Å². The zero-order chi connectivity index (χ0) is 25.4. The number of aromatic nitrogens is 1. The SMILES string of the molecule is [2H]C1([2H])[CH2][Ge]([CH3])([CH3])[c]2c(-c3c(C#N)ccc4c3oc3c(-c5cccc[n+]5C)c(C)ccc34)cccc21. The first-order valence-electron chi connectivity index (χ1n) is 12.6. The molecule has 6 rings (SSSR count). The van der Waals surface area contributed by atoms with Crippen molar-refractivity contribution < 1.29 is 11.7 Å². The molecule has 0 amide bonds. The molecule has 0 saturated carbocycles. The second kappa shape index (κ2) is 7.58. The molecule has 1 aliphatic heterocycles. The molecule has 0 unspecified atom stereocenters. The van der Waals surface area contributed by atoms with Crippen molar-refractivity contribution in [1.29, 1.82) is 5.26 Å². The maximum absolute atomic E-state index is 10.2. The van der Waals surface area contributed by atoms with E-state index in [1.165, 1.54) is 0 Å². The molecular formula is C30H27GeN2O+. The zero-order valence-electron chi connectivity index (χ0n) is 21.9. The monoisotopic (exact) mass is 507 g/mol. The standard InChI is InChI=1S/C30H27GeN2O/c1-19-11-13-22-23-14-12-21(18-32)27(24-9-7-8-20-15-16-31(2,3)28(20)24)30(23)34-29(22)26(19)25-10-5-6-17-33(25)4/h5-14,17H,15-16H2,1-4H3/q+1/i15D2. The Balaban J connectivity index is 1.75. The number of aryl methyl sites for hydroxylation is 3. The Morgan fingerprint density at radius 1 is 0.971 bits per heavy atom. The topological polar surface area (TPSA) is 40.8 Å². The molecule has 5 aromatic rings. The van der Waals surface area contributed by atoms with Gasteiger partial charge in [-0.15, -0.1) is 0 Å². The fourth-order valence-corrected chi connectivity index (χ4v) is 11.1. The maximum atomic E-state index is 10.2. The van der Waals surface area contributed by atoms with Gasteiger partial charge in [-0.2, -0.15) is 0 Å². The van der Waals surface area contributed by atoms with Crippen molar-refractivity contribution in [2.24, 2.45) is 7.05 Å². The van der Waals surface area contributed by atoms with E-state index < -0.39 is 19.6 Å². The summed E-state index contributed by atoms with van der Waals surface area (Å²) in [7, 11) is 2.03. The molecule has 3 nitrogen and oxygen atoms in total. The van der Waals surface area contributed by atoms with E-state index in [4.69, 9.17) is 7.16 Å². The van der Waals surface area contributed by atoms with Gasteiger partial charge in [-0.3, -0.25) is 0 Å². The van der Waals surface area contributed by atoms with Crippen molar-refractivity contribution in [3.05, 3.63) is 83.6 Å². The summed E-state index contributed by atoms with van der Waals surface area (Å²) in [4.78, 5) is 0. The molecule has 0 saturated heterocycles. The Bertz CT molecular complexity index is 1760. The Labute approximate surface area is 205 Å². The van der Waals surface area contributed by atoms with E-state index in [9.17, 15) is 5.26 Å². The van der Waals surface area contributed by atoms with Gasteiger partial charge < -0.3 is 0 Å². The summed E-state index contributed by atoms with van der Waals surface area (Å²) in [6.07, 6.45) is 0.695. The molecule has 0 aliphatic carbocycles. The molecule has 4 heteroatoms. The minimum atomic E-state index is -2.70. The van der Waals surface area contributed by atoms with Crippen LogP contribution in [0.4, 0.5) is 0 Å². The van der Waals surface area contributed by atoms with Crippen molar-refractivity contribution in [2.45, 2.75) is 30.1 Å². The van der Waals surface area contributed by atoms with Gasteiger partial charge in [-0.25, -0.2) is 0 Å². The quantitative estimate of drug-likeness (QED) is 0.206. The van der Waals surface area contributed by atoms with Crippen LogP contribution in [0.25, 0.3) is 44.3 Å². The number of fused-ring (bicyclic) bond motifs is 4. The third-order valence-electron chi connectivity index (χ3n) is 7.18. The summed E-state index contributed by atoms with van der Waals surface area (Å²) in [5.74, 6) is 4.55. The predicted molar refractivity (Wildman–Crippen MR) is 141 cm³/mol. The molecule has 1 aliphatic rings. The van der Waals surface area contributed by atoms with Crippen LogP contribution in [-0.2, 0) is 13.4 Å². The van der Waals surface area contributed by atoms with Gasteiger partial charge in [0.05, 0.1) is 0 Å². The second-order valence-corrected chi connectivity index (χ2v) is 19.6. The van der Waals surface area contributed by atoms with Crippen LogP contribution in [-0.4, -0.2) is 13.3 Å². The average Bonchev–Trinajstić information content (AvgIpc) is 3.30. The van der Waals surface area contributed by atoms with Gasteiger partial charge in [0.1, 0.15) is 0 Å². The van der Waals surface area contributed by atoms with Crippen molar-refractivity contribution in [3.8, 4) is 28.5 Å². The van der Waals surface area contributed by atoms with Gasteiger partial charge in [0.2, 0.25) is 0 Å². The van der Waals surface area contributed by atoms with Crippen LogP contribution in [0.1, 0.15) is 19.4 Å². The van der Waals surface area contributed by atoms with Crippen LogP contribution in [0.3, 0.4) is 0 Å². The Morgan fingerprint density at radius 3 is 2.50 bits per heavy atom. The van der Waals surface area contributed by atoms with Crippen LogP contribution >= 0.6 is 0 Å². The van der Waals surface area contributed by atoms with Gasteiger partial charge in [0, 0.05) is 0 Å².